The molecule has 0 aromatic heterocycles. The van der Waals surface area contributed by atoms with Gasteiger partial charge in [0.15, 0.2) is 6.17 Å². The first-order valence-electron chi connectivity index (χ1n) is 4.18. The van der Waals surface area contributed by atoms with Gasteiger partial charge in [0.2, 0.25) is 0 Å². The fraction of sp³-hybridized carbons (Fsp3) is 0.333. The molecule has 1 aromatic carbocycles. The number of rotatable bonds is 1. The fourth-order valence-electron chi connectivity index (χ4n) is 1.49. The number of alkyl halides is 1. The van der Waals surface area contributed by atoms with Gasteiger partial charge in [0.25, 0.3) is 5.69 Å². The molecule has 14 heavy (non-hydrogen) atoms. The third kappa shape index (κ3) is 1.21. The number of benzene rings is 1. The highest BCUT2D eigenvalue weighted by Gasteiger charge is 2.32. The minimum Gasteiger partial charge on any atom is -0.487 e. The number of hydrogen-bond donors (Lipinski definition) is 0. The van der Waals surface area contributed by atoms with Gasteiger partial charge in [-0.3, -0.25) is 10.1 Å². The number of halogens is 1. The van der Waals surface area contributed by atoms with E-state index in [1.165, 1.54) is 18.2 Å². The Bertz CT molecular complexity index is 394. The first kappa shape index (κ1) is 8.93. The minimum absolute atomic E-state index is 0.107. The quantitative estimate of drug-likeness (QED) is 0.513. The highest BCUT2D eigenvalue weighted by atomic mass is 19.1. The van der Waals surface area contributed by atoms with Crippen LogP contribution >= 0.6 is 0 Å². The minimum atomic E-state index is -1.27. The van der Waals surface area contributed by atoms with E-state index in [0.29, 0.717) is 5.75 Å². The molecule has 74 valence electrons. The lowest BCUT2D eigenvalue weighted by molar-refractivity contribution is -0.384. The zero-order chi connectivity index (χ0) is 10.3. The van der Waals surface area contributed by atoms with E-state index in [1.807, 2.05) is 0 Å². The van der Waals surface area contributed by atoms with Crippen LogP contribution in [0.15, 0.2) is 18.2 Å². The molecule has 1 aromatic rings. The second-order valence-corrected chi connectivity index (χ2v) is 3.20. The normalized spacial score (nSPS) is 24.1. The van der Waals surface area contributed by atoms with E-state index in [1.54, 1.807) is 6.92 Å². The number of nitro benzene ring substituents is 1. The number of fused-ring (bicyclic) bond motifs is 1. The number of nitrogens with zero attached hydrogens (tertiary/aromatic N) is 1. The van der Waals surface area contributed by atoms with Gasteiger partial charge >= 0.3 is 0 Å². The summed E-state index contributed by atoms with van der Waals surface area (Å²) in [5.41, 5.74) is 0.163. The van der Waals surface area contributed by atoms with Gasteiger partial charge in [-0.2, -0.15) is 0 Å². The molecule has 5 heteroatoms. The summed E-state index contributed by atoms with van der Waals surface area (Å²) in [4.78, 5) is 9.89. The lowest BCUT2D eigenvalue weighted by atomic mass is 10.1. The van der Waals surface area contributed by atoms with Crippen LogP contribution in [0.25, 0.3) is 0 Å². The molecule has 0 saturated carbocycles. The number of non-ortho nitro benzene ring substituents is 1. The Kier molecular flexibility index (Phi) is 1.87. The molecule has 1 aliphatic heterocycles. The molecule has 2 unspecified atom stereocenters. The molecule has 1 heterocycles. The highest BCUT2D eigenvalue weighted by Crippen LogP contribution is 2.40. The molecular formula is C9H8FNO3. The molecule has 4 nitrogen and oxygen atoms in total. The van der Waals surface area contributed by atoms with Gasteiger partial charge in [0.05, 0.1) is 4.92 Å². The Morgan fingerprint density at radius 3 is 2.93 bits per heavy atom. The van der Waals surface area contributed by atoms with Crippen molar-refractivity contribution < 1.29 is 14.1 Å². The van der Waals surface area contributed by atoms with Crippen molar-refractivity contribution in [2.45, 2.75) is 19.2 Å². The monoisotopic (exact) mass is 197 g/mol. The maximum absolute atomic E-state index is 13.4. The number of nitro groups is 1. The smallest absolute Gasteiger partial charge is 0.270 e. The van der Waals surface area contributed by atoms with Crippen LogP contribution in [0.3, 0.4) is 0 Å². The summed E-state index contributed by atoms with van der Waals surface area (Å²) >= 11 is 0. The highest BCUT2D eigenvalue weighted by molar-refractivity contribution is 5.47. The first-order valence-corrected chi connectivity index (χ1v) is 4.18. The molecule has 0 bridgehead atoms. The third-order valence-electron chi connectivity index (χ3n) is 2.23. The van der Waals surface area contributed by atoms with Crippen molar-refractivity contribution in [3.05, 3.63) is 33.9 Å². The third-order valence-corrected chi connectivity index (χ3v) is 2.23. The zero-order valence-corrected chi connectivity index (χ0v) is 7.44. The summed E-state index contributed by atoms with van der Waals surface area (Å²) < 4.78 is 18.6. The van der Waals surface area contributed by atoms with Gasteiger partial charge in [-0.25, -0.2) is 4.39 Å². The Labute approximate surface area is 79.5 Å². The van der Waals surface area contributed by atoms with Crippen molar-refractivity contribution in [2.24, 2.45) is 0 Å². The van der Waals surface area contributed by atoms with Crippen LogP contribution in [0.4, 0.5) is 10.1 Å². The molecular weight excluding hydrogens is 189 g/mol. The van der Waals surface area contributed by atoms with E-state index in [0.717, 1.165) is 0 Å². The number of hydrogen-bond acceptors (Lipinski definition) is 3. The van der Waals surface area contributed by atoms with Crippen LogP contribution in [-0.4, -0.2) is 11.0 Å². The standard InChI is InChI=1S/C9H8FNO3/c1-5-9(10)7-4-6(11(12)13)2-3-8(7)14-5/h2-5,9H,1H3. The van der Waals surface area contributed by atoms with Crippen molar-refractivity contribution in [1.29, 1.82) is 0 Å². The maximum Gasteiger partial charge on any atom is 0.270 e. The van der Waals surface area contributed by atoms with Crippen molar-refractivity contribution in [2.75, 3.05) is 0 Å². The van der Waals surface area contributed by atoms with E-state index < -0.39 is 17.2 Å². The second-order valence-electron chi connectivity index (χ2n) is 3.20. The van der Waals surface area contributed by atoms with E-state index in [-0.39, 0.29) is 11.3 Å². The molecule has 2 rings (SSSR count). The van der Waals surface area contributed by atoms with Crippen molar-refractivity contribution in [3.8, 4) is 5.75 Å². The lowest BCUT2D eigenvalue weighted by Crippen LogP contribution is -2.09. The molecule has 0 spiro atoms. The van der Waals surface area contributed by atoms with Gasteiger partial charge in [0.1, 0.15) is 11.9 Å². The summed E-state index contributed by atoms with van der Waals surface area (Å²) in [7, 11) is 0. The summed E-state index contributed by atoms with van der Waals surface area (Å²) in [6.07, 6.45) is -1.84. The molecule has 0 saturated heterocycles. The summed E-state index contributed by atoms with van der Waals surface area (Å²) in [5.74, 6) is 0.399. The van der Waals surface area contributed by atoms with E-state index in [9.17, 15) is 14.5 Å². The van der Waals surface area contributed by atoms with Crippen LogP contribution in [0, 0.1) is 10.1 Å². The van der Waals surface area contributed by atoms with Crippen LogP contribution < -0.4 is 4.74 Å². The van der Waals surface area contributed by atoms with Gasteiger partial charge in [0, 0.05) is 17.7 Å². The van der Waals surface area contributed by atoms with Crippen LogP contribution in [0.5, 0.6) is 5.75 Å². The fourth-order valence-corrected chi connectivity index (χ4v) is 1.49. The summed E-state index contributed by atoms with van der Waals surface area (Å²) in [5, 5.41) is 10.4. The SMILES string of the molecule is CC1Oc2ccc([N+](=O)[O-])cc2C1F. The second kappa shape index (κ2) is 2.94. The maximum atomic E-state index is 13.4. The van der Waals surface area contributed by atoms with Crippen LogP contribution in [0.2, 0.25) is 0 Å². The number of ether oxygens (including phenoxy) is 1. The van der Waals surface area contributed by atoms with Gasteiger partial charge in [-0.05, 0) is 13.0 Å². The first-order chi connectivity index (χ1) is 6.59. The average molecular weight is 197 g/mol. The average Bonchev–Trinajstić information content (AvgIpc) is 2.43. The molecule has 2 atom stereocenters. The van der Waals surface area contributed by atoms with Crippen molar-refractivity contribution in [3.63, 3.8) is 0 Å². The molecule has 1 aliphatic rings. The van der Waals surface area contributed by atoms with Crippen LogP contribution in [0.1, 0.15) is 18.7 Å². The molecule has 0 amide bonds. The molecule has 0 fully saturated rings. The summed E-state index contributed by atoms with van der Waals surface area (Å²) in [6, 6.07) is 3.97. The van der Waals surface area contributed by atoms with Crippen molar-refractivity contribution in [1.82, 2.24) is 0 Å². The Morgan fingerprint density at radius 1 is 1.57 bits per heavy atom. The lowest BCUT2D eigenvalue weighted by Gasteiger charge is -2.03. The van der Waals surface area contributed by atoms with Crippen LogP contribution in [-0.2, 0) is 0 Å². The van der Waals surface area contributed by atoms with Gasteiger partial charge in [-0.15, -0.1) is 0 Å². The van der Waals surface area contributed by atoms with E-state index in [4.69, 9.17) is 4.74 Å². The molecule has 0 N–H and O–H groups in total. The van der Waals surface area contributed by atoms with Gasteiger partial charge < -0.3 is 4.74 Å². The Balaban J connectivity index is 2.46. The van der Waals surface area contributed by atoms with E-state index in [2.05, 4.69) is 0 Å². The topological polar surface area (TPSA) is 52.4 Å². The van der Waals surface area contributed by atoms with E-state index >= 15 is 0 Å². The summed E-state index contributed by atoms with van der Waals surface area (Å²) in [6.45, 7) is 1.59. The molecule has 0 radical (unpaired) electrons. The molecule has 0 aliphatic carbocycles. The largest absolute Gasteiger partial charge is 0.487 e. The van der Waals surface area contributed by atoms with Crippen molar-refractivity contribution >= 4 is 5.69 Å². The predicted octanol–water partition coefficient (Wildman–Crippen LogP) is 2.39. The zero-order valence-electron chi connectivity index (χ0n) is 7.44. The predicted molar refractivity (Wildman–Crippen MR) is 47.0 cm³/mol. The van der Waals surface area contributed by atoms with Gasteiger partial charge in [-0.1, -0.05) is 0 Å². The Hall–Kier alpha value is -1.65. The Morgan fingerprint density at radius 2 is 2.29 bits per heavy atom.